The molecule has 108 valence electrons. The molecule has 0 saturated heterocycles. The van der Waals surface area contributed by atoms with E-state index in [1.807, 2.05) is 0 Å². The number of hydrogen-bond donors (Lipinski definition) is 1. The summed E-state index contributed by atoms with van der Waals surface area (Å²) in [4.78, 5) is 11.3. The first kappa shape index (κ1) is 14.8. The third-order valence-corrected chi connectivity index (χ3v) is 3.92. The highest BCUT2D eigenvalue weighted by Crippen LogP contribution is 2.21. The summed E-state index contributed by atoms with van der Waals surface area (Å²) in [6, 6.07) is 14.1. The van der Waals surface area contributed by atoms with E-state index >= 15 is 0 Å². The first-order valence-electron chi connectivity index (χ1n) is 6.03. The van der Waals surface area contributed by atoms with Crippen molar-refractivity contribution in [2.24, 2.45) is 0 Å². The maximum absolute atomic E-state index is 12.2. The van der Waals surface area contributed by atoms with Gasteiger partial charge in [0.25, 0.3) is 10.0 Å². The van der Waals surface area contributed by atoms with Crippen LogP contribution in [0, 0.1) is 0 Å². The van der Waals surface area contributed by atoms with E-state index in [0.717, 1.165) is 6.08 Å². The summed E-state index contributed by atoms with van der Waals surface area (Å²) in [5.74, 6) is -0.383. The molecular formula is C15H13NO4S. The molecule has 0 aliphatic rings. The van der Waals surface area contributed by atoms with E-state index in [4.69, 9.17) is 4.74 Å². The average Bonchev–Trinajstić information content (AvgIpc) is 2.48. The summed E-state index contributed by atoms with van der Waals surface area (Å²) >= 11 is 0. The number of rotatable bonds is 5. The molecule has 0 radical (unpaired) electrons. The molecule has 0 bridgehead atoms. The van der Waals surface area contributed by atoms with Gasteiger partial charge in [-0.3, -0.25) is 4.72 Å². The Morgan fingerprint density at radius 2 is 1.81 bits per heavy atom. The molecule has 0 amide bonds. The quantitative estimate of drug-likeness (QED) is 0.523. The fourth-order valence-electron chi connectivity index (χ4n) is 1.59. The van der Waals surface area contributed by atoms with Crippen LogP contribution in [0.2, 0.25) is 0 Å². The van der Waals surface area contributed by atoms with E-state index in [-0.39, 0.29) is 10.6 Å². The molecule has 21 heavy (non-hydrogen) atoms. The van der Waals surface area contributed by atoms with Gasteiger partial charge in [-0.05, 0) is 24.3 Å². The Hall–Kier alpha value is -2.60. The van der Waals surface area contributed by atoms with E-state index in [0.29, 0.717) is 5.69 Å². The van der Waals surface area contributed by atoms with Gasteiger partial charge in [-0.2, -0.15) is 0 Å². The maximum atomic E-state index is 12.2. The van der Waals surface area contributed by atoms with Crippen LogP contribution in [-0.4, -0.2) is 14.4 Å². The molecule has 0 aliphatic heterocycles. The number of anilines is 1. The van der Waals surface area contributed by atoms with E-state index < -0.39 is 16.0 Å². The van der Waals surface area contributed by atoms with Crippen LogP contribution >= 0.6 is 0 Å². The monoisotopic (exact) mass is 303 g/mol. The van der Waals surface area contributed by atoms with Crippen LogP contribution in [0.3, 0.4) is 0 Å². The highest BCUT2D eigenvalue weighted by atomic mass is 32.2. The lowest BCUT2D eigenvalue weighted by molar-refractivity contribution is -0.128. The van der Waals surface area contributed by atoms with Crippen molar-refractivity contribution in [1.29, 1.82) is 0 Å². The van der Waals surface area contributed by atoms with Crippen LogP contribution < -0.4 is 9.46 Å². The second kappa shape index (κ2) is 6.23. The van der Waals surface area contributed by atoms with Crippen molar-refractivity contribution in [1.82, 2.24) is 0 Å². The molecular weight excluding hydrogens is 290 g/mol. The molecule has 0 fully saturated rings. The van der Waals surface area contributed by atoms with E-state index in [9.17, 15) is 13.2 Å². The molecule has 0 aliphatic carbocycles. The molecule has 0 atom stereocenters. The Labute approximate surface area is 122 Å². The smallest absolute Gasteiger partial charge is 0.335 e. The normalized spacial score (nSPS) is 10.7. The minimum absolute atomic E-state index is 0.151. The lowest BCUT2D eigenvalue weighted by Gasteiger charge is -2.09. The zero-order valence-corrected chi connectivity index (χ0v) is 11.8. The van der Waals surface area contributed by atoms with Gasteiger partial charge >= 0.3 is 5.97 Å². The third-order valence-electron chi connectivity index (χ3n) is 2.52. The van der Waals surface area contributed by atoms with Crippen molar-refractivity contribution in [2.75, 3.05) is 4.72 Å². The molecule has 2 rings (SSSR count). The van der Waals surface area contributed by atoms with E-state index in [2.05, 4.69) is 11.3 Å². The number of benzene rings is 2. The lowest BCUT2D eigenvalue weighted by atomic mass is 10.3. The predicted molar refractivity (Wildman–Crippen MR) is 79.5 cm³/mol. The van der Waals surface area contributed by atoms with Gasteiger partial charge < -0.3 is 4.74 Å². The first-order valence-corrected chi connectivity index (χ1v) is 7.52. The molecule has 1 N–H and O–H groups in total. The fraction of sp³-hybridized carbons (Fsp3) is 0. The molecule has 6 heteroatoms. The van der Waals surface area contributed by atoms with Crippen LogP contribution in [0.1, 0.15) is 0 Å². The van der Waals surface area contributed by atoms with Gasteiger partial charge in [-0.15, -0.1) is 0 Å². The standard InChI is InChI=1S/C15H13NO4S/c1-2-15(17)20-13-8-6-7-12(11-13)16-21(18,19)14-9-4-3-5-10-14/h2-11,16H,1H2. The summed E-state index contributed by atoms with van der Waals surface area (Å²) < 4.78 is 31.7. The Kier molecular flexibility index (Phi) is 4.39. The summed E-state index contributed by atoms with van der Waals surface area (Å²) in [6.07, 6.45) is 1.03. The van der Waals surface area contributed by atoms with Gasteiger partial charge in [-0.1, -0.05) is 30.8 Å². The third kappa shape index (κ3) is 3.93. The highest BCUT2D eigenvalue weighted by molar-refractivity contribution is 7.92. The van der Waals surface area contributed by atoms with Crippen molar-refractivity contribution in [3.63, 3.8) is 0 Å². The van der Waals surface area contributed by atoms with Gasteiger partial charge in [0, 0.05) is 12.1 Å². The number of carbonyl (C=O) groups is 1. The topological polar surface area (TPSA) is 72.5 Å². The minimum Gasteiger partial charge on any atom is -0.423 e. The van der Waals surface area contributed by atoms with Crippen LogP contribution in [0.15, 0.2) is 72.1 Å². The van der Waals surface area contributed by atoms with Gasteiger partial charge in [0.1, 0.15) is 5.75 Å². The van der Waals surface area contributed by atoms with Crippen LogP contribution in [0.5, 0.6) is 5.75 Å². The molecule has 0 saturated carbocycles. The minimum atomic E-state index is -3.67. The zero-order chi connectivity index (χ0) is 15.3. The number of carbonyl (C=O) groups excluding carboxylic acids is 1. The molecule has 0 spiro atoms. The second-order valence-electron chi connectivity index (χ2n) is 4.07. The van der Waals surface area contributed by atoms with Crippen LogP contribution in [-0.2, 0) is 14.8 Å². The first-order chi connectivity index (χ1) is 10.0. The number of esters is 1. The van der Waals surface area contributed by atoms with Crippen LogP contribution in [0.4, 0.5) is 5.69 Å². The van der Waals surface area contributed by atoms with Gasteiger partial charge in [-0.25, -0.2) is 13.2 Å². The molecule has 0 unspecified atom stereocenters. The largest absolute Gasteiger partial charge is 0.423 e. The summed E-state index contributed by atoms with van der Waals surface area (Å²) in [6.45, 7) is 3.29. The van der Waals surface area contributed by atoms with Crippen molar-refractivity contribution < 1.29 is 17.9 Å². The highest BCUT2D eigenvalue weighted by Gasteiger charge is 2.13. The second-order valence-corrected chi connectivity index (χ2v) is 5.75. The lowest BCUT2D eigenvalue weighted by Crippen LogP contribution is -2.13. The number of hydrogen-bond acceptors (Lipinski definition) is 4. The van der Waals surface area contributed by atoms with Gasteiger partial charge in [0.05, 0.1) is 10.6 Å². The molecule has 0 heterocycles. The number of ether oxygens (including phenoxy) is 1. The SMILES string of the molecule is C=CC(=O)Oc1cccc(NS(=O)(=O)c2ccccc2)c1. The fourth-order valence-corrected chi connectivity index (χ4v) is 2.67. The summed E-state index contributed by atoms with van der Waals surface area (Å²) in [5, 5.41) is 0. The number of nitrogens with one attached hydrogen (secondary N) is 1. The Morgan fingerprint density at radius 1 is 1.10 bits per heavy atom. The predicted octanol–water partition coefficient (Wildman–Crippen LogP) is 2.58. The molecule has 0 aromatic heterocycles. The Balaban J connectivity index is 2.22. The van der Waals surface area contributed by atoms with Crippen LogP contribution in [0.25, 0.3) is 0 Å². The Bertz CT molecular complexity index is 754. The molecule has 5 nitrogen and oxygen atoms in total. The van der Waals surface area contributed by atoms with E-state index in [1.165, 1.54) is 18.2 Å². The zero-order valence-electron chi connectivity index (χ0n) is 11.0. The van der Waals surface area contributed by atoms with E-state index in [1.54, 1.807) is 36.4 Å². The van der Waals surface area contributed by atoms with Crippen molar-refractivity contribution >= 4 is 21.7 Å². The number of sulfonamides is 1. The van der Waals surface area contributed by atoms with Gasteiger partial charge in [0.2, 0.25) is 0 Å². The van der Waals surface area contributed by atoms with Gasteiger partial charge in [0.15, 0.2) is 0 Å². The molecule has 2 aromatic carbocycles. The Morgan fingerprint density at radius 3 is 2.48 bits per heavy atom. The van der Waals surface area contributed by atoms with Crippen molar-refractivity contribution in [3.05, 3.63) is 67.3 Å². The average molecular weight is 303 g/mol. The van der Waals surface area contributed by atoms with Crippen molar-refractivity contribution in [2.45, 2.75) is 4.90 Å². The summed E-state index contributed by atoms with van der Waals surface area (Å²) in [5.41, 5.74) is 0.299. The maximum Gasteiger partial charge on any atom is 0.335 e. The van der Waals surface area contributed by atoms with Crippen molar-refractivity contribution in [3.8, 4) is 5.75 Å². The molecule has 2 aromatic rings. The summed E-state index contributed by atoms with van der Waals surface area (Å²) in [7, 11) is -3.67.